The van der Waals surface area contributed by atoms with Crippen molar-refractivity contribution in [2.24, 2.45) is 0 Å². The molecule has 0 saturated carbocycles. The Bertz CT molecular complexity index is 678. The molecule has 1 fully saturated rings. The van der Waals surface area contributed by atoms with E-state index in [2.05, 4.69) is 9.88 Å². The average Bonchev–Trinajstić information content (AvgIpc) is 3.00. The summed E-state index contributed by atoms with van der Waals surface area (Å²) in [5.74, 6) is -0.389. The molecule has 3 rings (SSSR count). The van der Waals surface area contributed by atoms with Crippen LogP contribution in [0.2, 0.25) is 5.02 Å². The van der Waals surface area contributed by atoms with E-state index in [4.69, 9.17) is 21.1 Å². The summed E-state index contributed by atoms with van der Waals surface area (Å²) in [4.78, 5) is 17.2. The summed E-state index contributed by atoms with van der Waals surface area (Å²) >= 11 is 6.32. The maximum absolute atomic E-state index is 12.1. The second kappa shape index (κ2) is 6.42. The number of aromatic amines is 1. The van der Waals surface area contributed by atoms with Crippen LogP contribution in [0, 0.1) is 0 Å². The molecule has 1 aromatic heterocycles. The zero-order valence-corrected chi connectivity index (χ0v) is 13.0. The lowest BCUT2D eigenvalue weighted by Crippen LogP contribution is -2.37. The number of hydrogen-bond acceptors (Lipinski definition) is 4. The molecular weight excluding hydrogens is 304 g/mol. The van der Waals surface area contributed by atoms with E-state index in [0.717, 1.165) is 29.9 Å². The molecule has 0 unspecified atom stereocenters. The fourth-order valence-corrected chi connectivity index (χ4v) is 2.91. The second-order valence-corrected chi connectivity index (χ2v) is 5.40. The first-order valence-corrected chi connectivity index (χ1v) is 7.47. The van der Waals surface area contributed by atoms with Crippen LogP contribution in [0.25, 0.3) is 11.1 Å². The minimum atomic E-state index is -0.389. The Kier molecular flexibility index (Phi) is 4.36. The minimum absolute atomic E-state index is 0.389. The maximum Gasteiger partial charge on any atom is 0.356 e. The SMILES string of the molecule is COC(=O)c1[nH]cc(-c2ccccc2Cl)c1N1CCOCC1. The standard InChI is InChI=1S/C16H17ClN2O3/c1-21-16(20)14-15(19-6-8-22-9-7-19)12(10-18-14)11-4-2-3-5-13(11)17/h2-5,10,18H,6-9H2,1H3. The van der Waals surface area contributed by atoms with Crippen molar-refractivity contribution in [3.63, 3.8) is 0 Å². The van der Waals surface area contributed by atoms with Crippen molar-refractivity contribution in [1.82, 2.24) is 4.98 Å². The zero-order valence-electron chi connectivity index (χ0n) is 12.3. The third kappa shape index (κ3) is 2.69. The summed E-state index contributed by atoms with van der Waals surface area (Å²) in [6.07, 6.45) is 1.80. The predicted octanol–water partition coefficient (Wildman–Crippen LogP) is 2.96. The van der Waals surface area contributed by atoms with Gasteiger partial charge in [0.25, 0.3) is 0 Å². The van der Waals surface area contributed by atoms with Gasteiger partial charge in [0.15, 0.2) is 0 Å². The molecule has 1 aliphatic rings. The van der Waals surface area contributed by atoms with Gasteiger partial charge < -0.3 is 19.4 Å². The van der Waals surface area contributed by atoms with Crippen LogP contribution in [0.4, 0.5) is 5.69 Å². The zero-order chi connectivity index (χ0) is 15.5. The first kappa shape index (κ1) is 14.9. The Hall–Kier alpha value is -1.98. The molecule has 116 valence electrons. The lowest BCUT2D eigenvalue weighted by Gasteiger charge is -2.30. The molecule has 5 nitrogen and oxygen atoms in total. The van der Waals surface area contributed by atoms with Crippen LogP contribution in [0.15, 0.2) is 30.5 Å². The lowest BCUT2D eigenvalue weighted by atomic mass is 10.1. The molecule has 1 saturated heterocycles. The Morgan fingerprint density at radius 2 is 2.00 bits per heavy atom. The molecule has 1 N–H and O–H groups in total. The summed E-state index contributed by atoms with van der Waals surface area (Å²) in [5.41, 5.74) is 3.05. The van der Waals surface area contributed by atoms with Gasteiger partial charge >= 0.3 is 5.97 Å². The molecule has 1 aromatic carbocycles. The molecule has 2 heterocycles. The maximum atomic E-state index is 12.1. The minimum Gasteiger partial charge on any atom is -0.464 e. The number of hydrogen-bond donors (Lipinski definition) is 1. The number of nitrogens with zero attached hydrogens (tertiary/aromatic N) is 1. The van der Waals surface area contributed by atoms with Gasteiger partial charge in [0.1, 0.15) is 5.69 Å². The summed E-state index contributed by atoms with van der Waals surface area (Å²) in [6, 6.07) is 7.59. The number of anilines is 1. The highest BCUT2D eigenvalue weighted by Crippen LogP contribution is 2.38. The van der Waals surface area contributed by atoms with Crippen molar-refractivity contribution >= 4 is 23.3 Å². The number of esters is 1. The summed E-state index contributed by atoms with van der Waals surface area (Å²) in [5, 5.41) is 0.646. The van der Waals surface area contributed by atoms with Crippen LogP contribution in [0.1, 0.15) is 10.5 Å². The molecule has 6 heteroatoms. The summed E-state index contributed by atoms with van der Waals surface area (Å²) < 4.78 is 10.3. The van der Waals surface area contributed by atoms with Gasteiger partial charge in [-0.1, -0.05) is 29.8 Å². The van der Waals surface area contributed by atoms with Gasteiger partial charge in [-0.3, -0.25) is 0 Å². The molecule has 0 atom stereocenters. The van der Waals surface area contributed by atoms with Gasteiger partial charge in [-0.2, -0.15) is 0 Å². The predicted molar refractivity (Wildman–Crippen MR) is 85.6 cm³/mol. The van der Waals surface area contributed by atoms with Crippen molar-refractivity contribution in [2.75, 3.05) is 38.3 Å². The molecule has 22 heavy (non-hydrogen) atoms. The molecule has 0 amide bonds. The Balaban J connectivity index is 2.12. The van der Waals surface area contributed by atoms with Crippen LogP contribution in [0.3, 0.4) is 0 Å². The molecule has 1 aliphatic heterocycles. The van der Waals surface area contributed by atoms with E-state index in [1.807, 2.05) is 24.3 Å². The van der Waals surface area contributed by atoms with Gasteiger partial charge in [-0.05, 0) is 6.07 Å². The molecule has 0 bridgehead atoms. The number of carbonyl (C=O) groups is 1. The third-order valence-corrected chi connectivity index (χ3v) is 4.06. The molecule has 0 radical (unpaired) electrons. The van der Waals surface area contributed by atoms with E-state index in [0.29, 0.717) is 23.9 Å². The normalized spacial score (nSPS) is 14.9. The second-order valence-electron chi connectivity index (χ2n) is 5.00. The van der Waals surface area contributed by atoms with Crippen molar-refractivity contribution in [2.45, 2.75) is 0 Å². The first-order valence-electron chi connectivity index (χ1n) is 7.09. The van der Waals surface area contributed by atoms with Gasteiger partial charge in [-0.25, -0.2) is 4.79 Å². The van der Waals surface area contributed by atoms with Gasteiger partial charge in [-0.15, -0.1) is 0 Å². The highest BCUT2D eigenvalue weighted by Gasteiger charge is 2.25. The van der Waals surface area contributed by atoms with Crippen molar-refractivity contribution in [1.29, 1.82) is 0 Å². The van der Waals surface area contributed by atoms with Crippen LogP contribution >= 0.6 is 11.6 Å². The van der Waals surface area contributed by atoms with E-state index in [1.54, 1.807) is 6.20 Å². The van der Waals surface area contributed by atoms with Gasteiger partial charge in [0, 0.05) is 35.4 Å². The number of benzene rings is 1. The number of morpholine rings is 1. The number of nitrogens with one attached hydrogen (secondary N) is 1. The molecular formula is C16H17ClN2O3. The molecule has 0 spiro atoms. The quantitative estimate of drug-likeness (QED) is 0.883. The lowest BCUT2D eigenvalue weighted by molar-refractivity contribution is 0.0594. The first-order chi connectivity index (χ1) is 10.7. The van der Waals surface area contributed by atoms with Crippen LogP contribution < -0.4 is 4.90 Å². The van der Waals surface area contributed by atoms with Crippen molar-refractivity contribution in [3.05, 3.63) is 41.2 Å². The third-order valence-electron chi connectivity index (χ3n) is 3.73. The van der Waals surface area contributed by atoms with E-state index in [1.165, 1.54) is 7.11 Å². The molecule has 2 aromatic rings. The monoisotopic (exact) mass is 320 g/mol. The summed E-state index contributed by atoms with van der Waals surface area (Å²) in [6.45, 7) is 2.71. The average molecular weight is 321 g/mol. The fraction of sp³-hybridized carbons (Fsp3) is 0.312. The largest absolute Gasteiger partial charge is 0.464 e. The number of ether oxygens (including phenoxy) is 2. The van der Waals surface area contributed by atoms with Gasteiger partial charge in [0.2, 0.25) is 0 Å². The van der Waals surface area contributed by atoms with Crippen molar-refractivity contribution < 1.29 is 14.3 Å². The van der Waals surface area contributed by atoms with E-state index in [9.17, 15) is 4.79 Å². The van der Waals surface area contributed by atoms with Crippen LogP contribution in [-0.2, 0) is 9.47 Å². The number of halogens is 1. The number of aromatic nitrogens is 1. The number of carbonyl (C=O) groups excluding carboxylic acids is 1. The number of methoxy groups -OCH3 is 1. The van der Waals surface area contributed by atoms with Crippen LogP contribution in [0.5, 0.6) is 0 Å². The Morgan fingerprint density at radius 3 is 2.68 bits per heavy atom. The highest BCUT2D eigenvalue weighted by molar-refractivity contribution is 6.33. The number of H-pyrrole nitrogens is 1. The van der Waals surface area contributed by atoms with E-state index < -0.39 is 0 Å². The smallest absolute Gasteiger partial charge is 0.356 e. The summed E-state index contributed by atoms with van der Waals surface area (Å²) in [7, 11) is 1.38. The topological polar surface area (TPSA) is 54.6 Å². The van der Waals surface area contributed by atoms with Crippen molar-refractivity contribution in [3.8, 4) is 11.1 Å². The van der Waals surface area contributed by atoms with Gasteiger partial charge in [0.05, 0.1) is 26.0 Å². The Morgan fingerprint density at radius 1 is 1.27 bits per heavy atom. The fourth-order valence-electron chi connectivity index (χ4n) is 2.67. The highest BCUT2D eigenvalue weighted by atomic mass is 35.5. The van der Waals surface area contributed by atoms with E-state index >= 15 is 0 Å². The number of rotatable bonds is 3. The van der Waals surface area contributed by atoms with E-state index in [-0.39, 0.29) is 5.97 Å². The molecule has 0 aliphatic carbocycles. The van der Waals surface area contributed by atoms with Crippen LogP contribution in [-0.4, -0.2) is 44.4 Å². The Labute approximate surface area is 133 Å².